The maximum absolute atomic E-state index is 5.46. The van der Waals surface area contributed by atoms with Crippen molar-refractivity contribution in [2.45, 2.75) is 51.2 Å². The molecule has 0 N–H and O–H groups in total. The first-order valence-corrected chi connectivity index (χ1v) is 4.53. The molecule has 0 aromatic carbocycles. The number of ether oxygens (including phenoxy) is 1. The van der Waals surface area contributed by atoms with Crippen LogP contribution in [0.1, 0.15) is 39.0 Å². The van der Waals surface area contributed by atoms with Gasteiger partial charge in [-0.05, 0) is 25.7 Å². The molecule has 0 bridgehead atoms. The second-order valence-corrected chi connectivity index (χ2v) is 3.70. The van der Waals surface area contributed by atoms with Crippen LogP contribution in [-0.2, 0) is 4.74 Å². The minimum atomic E-state index is 0.586. The number of rotatable bonds is 1. The molecule has 1 nitrogen and oxygen atoms in total. The Labute approximate surface area is 62.8 Å². The lowest BCUT2D eigenvalue weighted by Crippen LogP contribution is -2.13. The average Bonchev–Trinajstić information content (AvgIpc) is 2.69. The van der Waals surface area contributed by atoms with E-state index in [2.05, 4.69) is 6.92 Å². The van der Waals surface area contributed by atoms with Gasteiger partial charge < -0.3 is 4.74 Å². The Morgan fingerprint density at radius 2 is 1.70 bits per heavy atom. The van der Waals surface area contributed by atoms with Crippen molar-refractivity contribution in [3.8, 4) is 0 Å². The summed E-state index contributed by atoms with van der Waals surface area (Å²) in [4.78, 5) is 0. The van der Waals surface area contributed by atoms with Gasteiger partial charge in [0.2, 0.25) is 0 Å². The van der Waals surface area contributed by atoms with Crippen LogP contribution in [0, 0.1) is 5.92 Å². The Bertz CT molecular complexity index is 116. The molecule has 0 aromatic rings. The second-order valence-electron chi connectivity index (χ2n) is 3.70. The molecule has 0 aromatic heterocycles. The van der Waals surface area contributed by atoms with Crippen LogP contribution >= 0.6 is 0 Å². The van der Waals surface area contributed by atoms with Crippen LogP contribution in [0.3, 0.4) is 0 Å². The maximum Gasteiger partial charge on any atom is 0.0867 e. The van der Waals surface area contributed by atoms with Gasteiger partial charge in [-0.2, -0.15) is 0 Å². The summed E-state index contributed by atoms with van der Waals surface area (Å²) in [5.41, 5.74) is 0. The van der Waals surface area contributed by atoms with Gasteiger partial charge >= 0.3 is 0 Å². The summed E-state index contributed by atoms with van der Waals surface area (Å²) in [6, 6.07) is 0. The minimum absolute atomic E-state index is 0.586. The summed E-state index contributed by atoms with van der Waals surface area (Å²) in [5.74, 6) is 0.920. The third-order valence-electron chi connectivity index (χ3n) is 2.87. The van der Waals surface area contributed by atoms with E-state index in [9.17, 15) is 0 Å². The Balaban J connectivity index is 1.81. The van der Waals surface area contributed by atoms with Crippen LogP contribution in [-0.4, -0.2) is 12.2 Å². The zero-order valence-electron chi connectivity index (χ0n) is 6.68. The first kappa shape index (κ1) is 6.66. The summed E-state index contributed by atoms with van der Waals surface area (Å²) < 4.78 is 5.46. The Morgan fingerprint density at radius 1 is 1.10 bits per heavy atom. The standard InChI is InChI=1S/C9H16O/c1-7-9(10-7)8-5-3-2-4-6-8/h7-9H,2-6H2,1H3. The van der Waals surface area contributed by atoms with Gasteiger partial charge in [-0.3, -0.25) is 0 Å². The Kier molecular flexibility index (Phi) is 1.69. The molecule has 58 valence electrons. The molecule has 2 atom stereocenters. The SMILES string of the molecule is CC1OC1C1CCCCC1. The van der Waals surface area contributed by atoms with Gasteiger partial charge in [0, 0.05) is 0 Å². The van der Waals surface area contributed by atoms with Crippen molar-refractivity contribution in [3.63, 3.8) is 0 Å². The van der Waals surface area contributed by atoms with Gasteiger partial charge in [-0.15, -0.1) is 0 Å². The van der Waals surface area contributed by atoms with E-state index >= 15 is 0 Å². The van der Waals surface area contributed by atoms with Crippen LogP contribution in [0.5, 0.6) is 0 Å². The van der Waals surface area contributed by atoms with Crippen molar-refractivity contribution in [1.82, 2.24) is 0 Å². The maximum atomic E-state index is 5.46. The highest BCUT2D eigenvalue weighted by molar-refractivity contribution is 4.88. The highest BCUT2D eigenvalue weighted by atomic mass is 16.6. The molecule has 2 unspecified atom stereocenters. The van der Waals surface area contributed by atoms with Crippen molar-refractivity contribution in [2.75, 3.05) is 0 Å². The largest absolute Gasteiger partial charge is 0.370 e. The van der Waals surface area contributed by atoms with Crippen molar-refractivity contribution in [2.24, 2.45) is 5.92 Å². The normalized spacial score (nSPS) is 41.7. The van der Waals surface area contributed by atoms with Gasteiger partial charge in [0.1, 0.15) is 0 Å². The lowest BCUT2D eigenvalue weighted by molar-refractivity contribution is 0.263. The molecule has 10 heavy (non-hydrogen) atoms. The summed E-state index contributed by atoms with van der Waals surface area (Å²) in [7, 11) is 0. The summed E-state index contributed by atoms with van der Waals surface area (Å²) >= 11 is 0. The van der Waals surface area contributed by atoms with E-state index < -0.39 is 0 Å². The third-order valence-corrected chi connectivity index (χ3v) is 2.87. The van der Waals surface area contributed by atoms with E-state index in [0.717, 1.165) is 5.92 Å². The quantitative estimate of drug-likeness (QED) is 0.509. The highest BCUT2D eigenvalue weighted by Gasteiger charge is 2.40. The molecule has 2 fully saturated rings. The monoisotopic (exact) mass is 140 g/mol. The second kappa shape index (κ2) is 2.54. The van der Waals surface area contributed by atoms with Crippen LogP contribution in [0.2, 0.25) is 0 Å². The predicted molar refractivity (Wildman–Crippen MR) is 40.9 cm³/mol. The molecule has 0 radical (unpaired) electrons. The van der Waals surface area contributed by atoms with Crippen LogP contribution in [0.4, 0.5) is 0 Å². The zero-order chi connectivity index (χ0) is 6.97. The first-order chi connectivity index (χ1) is 4.88. The fourth-order valence-electron chi connectivity index (χ4n) is 2.16. The third kappa shape index (κ3) is 1.20. The summed E-state index contributed by atoms with van der Waals surface area (Å²) in [6.07, 6.45) is 8.43. The van der Waals surface area contributed by atoms with Crippen LogP contribution in [0.15, 0.2) is 0 Å². The molecule has 1 aliphatic carbocycles. The van der Waals surface area contributed by atoms with E-state index in [-0.39, 0.29) is 0 Å². The van der Waals surface area contributed by atoms with Gasteiger partial charge in [-0.25, -0.2) is 0 Å². The molecule has 1 saturated heterocycles. The van der Waals surface area contributed by atoms with Crippen molar-refractivity contribution < 1.29 is 4.74 Å². The molecule has 1 saturated carbocycles. The van der Waals surface area contributed by atoms with E-state index in [4.69, 9.17) is 4.74 Å². The molecule has 1 aliphatic heterocycles. The lowest BCUT2D eigenvalue weighted by atomic mass is 9.86. The van der Waals surface area contributed by atoms with Gasteiger partial charge in [0.25, 0.3) is 0 Å². The molecule has 2 rings (SSSR count). The van der Waals surface area contributed by atoms with Gasteiger partial charge in [-0.1, -0.05) is 19.3 Å². The Hall–Kier alpha value is -0.0400. The van der Waals surface area contributed by atoms with Crippen molar-refractivity contribution in [1.29, 1.82) is 0 Å². The van der Waals surface area contributed by atoms with Crippen LogP contribution in [0.25, 0.3) is 0 Å². The van der Waals surface area contributed by atoms with Crippen molar-refractivity contribution in [3.05, 3.63) is 0 Å². The number of epoxide rings is 1. The van der Waals surface area contributed by atoms with E-state index in [1.165, 1.54) is 32.1 Å². The first-order valence-electron chi connectivity index (χ1n) is 4.53. The molecular weight excluding hydrogens is 124 g/mol. The predicted octanol–water partition coefficient (Wildman–Crippen LogP) is 2.35. The van der Waals surface area contributed by atoms with Gasteiger partial charge in [0.15, 0.2) is 0 Å². The lowest BCUT2D eigenvalue weighted by Gasteiger charge is -2.19. The van der Waals surface area contributed by atoms with E-state index in [1.54, 1.807) is 0 Å². The summed E-state index contributed by atoms with van der Waals surface area (Å²) in [6.45, 7) is 2.19. The molecule has 0 spiro atoms. The highest BCUT2D eigenvalue weighted by Crippen LogP contribution is 2.37. The number of hydrogen-bond acceptors (Lipinski definition) is 1. The molecular formula is C9H16O. The minimum Gasteiger partial charge on any atom is -0.370 e. The van der Waals surface area contributed by atoms with Gasteiger partial charge in [0.05, 0.1) is 12.2 Å². The number of hydrogen-bond donors (Lipinski definition) is 0. The molecule has 2 aliphatic rings. The Morgan fingerprint density at radius 3 is 2.20 bits per heavy atom. The molecule has 1 heteroatoms. The molecule has 1 heterocycles. The van der Waals surface area contributed by atoms with Crippen molar-refractivity contribution >= 4 is 0 Å². The average molecular weight is 140 g/mol. The van der Waals surface area contributed by atoms with E-state index in [1.807, 2.05) is 0 Å². The zero-order valence-corrected chi connectivity index (χ0v) is 6.68. The topological polar surface area (TPSA) is 12.5 Å². The molecule has 0 amide bonds. The fourth-order valence-corrected chi connectivity index (χ4v) is 2.16. The smallest absolute Gasteiger partial charge is 0.0867 e. The van der Waals surface area contributed by atoms with Crippen LogP contribution < -0.4 is 0 Å². The van der Waals surface area contributed by atoms with E-state index in [0.29, 0.717) is 12.2 Å². The fraction of sp³-hybridized carbons (Fsp3) is 1.00. The summed E-state index contributed by atoms with van der Waals surface area (Å²) in [5, 5.41) is 0.